The normalized spacial score (nSPS) is 11.4. The first-order valence-corrected chi connectivity index (χ1v) is 6.17. The zero-order valence-electron chi connectivity index (χ0n) is 11.4. The van der Waals surface area contributed by atoms with Gasteiger partial charge in [0.25, 0.3) is 0 Å². The van der Waals surface area contributed by atoms with Crippen LogP contribution in [0.4, 0.5) is 0 Å². The van der Waals surface area contributed by atoms with Crippen molar-refractivity contribution in [1.82, 2.24) is 30.1 Å². The van der Waals surface area contributed by atoms with E-state index in [2.05, 4.69) is 58.3 Å². The molecule has 0 fully saturated rings. The SMILES string of the molecule is Cc1c(CNC(C)C)ccn1Cc1nnn(C)n1. The smallest absolute Gasteiger partial charge is 0.194 e. The van der Waals surface area contributed by atoms with Crippen molar-refractivity contribution in [2.24, 2.45) is 7.05 Å². The van der Waals surface area contributed by atoms with E-state index in [1.807, 2.05) is 0 Å². The standard InChI is InChI=1S/C12H20N6/c1-9(2)13-7-11-5-6-18(10(11)3)8-12-14-16-17(4)15-12/h5-6,9,13H,7-8H2,1-4H3. The van der Waals surface area contributed by atoms with Gasteiger partial charge in [-0.3, -0.25) is 0 Å². The Labute approximate surface area is 107 Å². The molecule has 0 aromatic carbocycles. The highest BCUT2D eigenvalue weighted by atomic mass is 15.6. The van der Waals surface area contributed by atoms with Crippen LogP contribution in [0.2, 0.25) is 0 Å². The molecule has 1 N–H and O–H groups in total. The van der Waals surface area contributed by atoms with Crippen LogP contribution in [-0.4, -0.2) is 30.8 Å². The molecular weight excluding hydrogens is 228 g/mol. The summed E-state index contributed by atoms with van der Waals surface area (Å²) in [6.45, 7) is 7.98. The number of nitrogens with zero attached hydrogens (tertiary/aromatic N) is 5. The molecule has 2 rings (SSSR count). The van der Waals surface area contributed by atoms with Crippen LogP contribution >= 0.6 is 0 Å². The molecule has 0 saturated heterocycles. The fourth-order valence-corrected chi connectivity index (χ4v) is 1.81. The fraction of sp³-hybridized carbons (Fsp3) is 0.583. The zero-order valence-corrected chi connectivity index (χ0v) is 11.4. The number of nitrogens with one attached hydrogen (secondary N) is 1. The molecule has 0 aliphatic rings. The van der Waals surface area contributed by atoms with Gasteiger partial charge < -0.3 is 9.88 Å². The third-order valence-electron chi connectivity index (χ3n) is 2.91. The molecule has 2 aromatic heterocycles. The lowest BCUT2D eigenvalue weighted by Crippen LogP contribution is -2.22. The van der Waals surface area contributed by atoms with Crippen molar-refractivity contribution >= 4 is 0 Å². The minimum Gasteiger partial charge on any atom is -0.344 e. The van der Waals surface area contributed by atoms with E-state index >= 15 is 0 Å². The second kappa shape index (κ2) is 5.30. The van der Waals surface area contributed by atoms with E-state index < -0.39 is 0 Å². The highest BCUT2D eigenvalue weighted by Gasteiger charge is 2.08. The lowest BCUT2D eigenvalue weighted by Gasteiger charge is -2.09. The van der Waals surface area contributed by atoms with Crippen molar-refractivity contribution in [3.05, 3.63) is 29.3 Å². The van der Waals surface area contributed by atoms with Crippen molar-refractivity contribution in [2.45, 2.75) is 39.9 Å². The van der Waals surface area contributed by atoms with Crippen molar-refractivity contribution in [3.63, 3.8) is 0 Å². The lowest BCUT2D eigenvalue weighted by molar-refractivity contribution is 0.585. The molecule has 18 heavy (non-hydrogen) atoms. The van der Waals surface area contributed by atoms with Gasteiger partial charge in [-0.1, -0.05) is 13.8 Å². The van der Waals surface area contributed by atoms with Crippen molar-refractivity contribution in [2.75, 3.05) is 0 Å². The minimum absolute atomic E-state index is 0.495. The van der Waals surface area contributed by atoms with E-state index in [0.717, 1.165) is 12.4 Å². The van der Waals surface area contributed by atoms with E-state index in [1.165, 1.54) is 16.1 Å². The quantitative estimate of drug-likeness (QED) is 0.853. The largest absolute Gasteiger partial charge is 0.344 e. The van der Waals surface area contributed by atoms with Crippen molar-refractivity contribution in [1.29, 1.82) is 0 Å². The molecule has 0 aliphatic carbocycles. The van der Waals surface area contributed by atoms with Crippen LogP contribution in [-0.2, 0) is 20.1 Å². The number of aromatic nitrogens is 5. The maximum absolute atomic E-state index is 4.19. The molecule has 0 spiro atoms. The second-order valence-corrected chi connectivity index (χ2v) is 4.79. The Morgan fingerprint density at radius 2 is 2.17 bits per heavy atom. The Morgan fingerprint density at radius 3 is 2.78 bits per heavy atom. The summed E-state index contributed by atoms with van der Waals surface area (Å²) in [7, 11) is 1.77. The topological polar surface area (TPSA) is 60.6 Å². The van der Waals surface area contributed by atoms with Gasteiger partial charge in [-0.15, -0.1) is 10.2 Å². The van der Waals surface area contributed by atoms with E-state index in [9.17, 15) is 0 Å². The number of aryl methyl sites for hydroxylation is 1. The monoisotopic (exact) mass is 248 g/mol. The molecule has 0 radical (unpaired) electrons. The molecule has 0 bridgehead atoms. The zero-order chi connectivity index (χ0) is 13.1. The van der Waals surface area contributed by atoms with Gasteiger partial charge in [-0.25, -0.2) is 0 Å². The minimum atomic E-state index is 0.495. The molecule has 0 aliphatic heterocycles. The fourth-order valence-electron chi connectivity index (χ4n) is 1.81. The highest BCUT2D eigenvalue weighted by Crippen LogP contribution is 2.11. The molecule has 0 saturated carbocycles. The highest BCUT2D eigenvalue weighted by molar-refractivity contribution is 5.21. The Balaban J connectivity index is 2.06. The van der Waals surface area contributed by atoms with E-state index in [0.29, 0.717) is 12.6 Å². The Bertz CT molecular complexity index is 510. The molecule has 2 aromatic rings. The van der Waals surface area contributed by atoms with Crippen LogP contribution in [0, 0.1) is 6.92 Å². The lowest BCUT2D eigenvalue weighted by atomic mass is 10.2. The summed E-state index contributed by atoms with van der Waals surface area (Å²) in [4.78, 5) is 1.48. The molecule has 2 heterocycles. The van der Waals surface area contributed by atoms with Gasteiger partial charge in [0.2, 0.25) is 0 Å². The summed E-state index contributed by atoms with van der Waals surface area (Å²) in [6.07, 6.45) is 2.07. The average Bonchev–Trinajstić information content (AvgIpc) is 2.86. The number of hydrogen-bond acceptors (Lipinski definition) is 4. The second-order valence-electron chi connectivity index (χ2n) is 4.79. The van der Waals surface area contributed by atoms with Gasteiger partial charge in [-0.2, -0.15) is 4.80 Å². The molecular formula is C12H20N6. The van der Waals surface area contributed by atoms with Crippen LogP contribution in [0.5, 0.6) is 0 Å². The first-order chi connectivity index (χ1) is 8.56. The molecule has 0 unspecified atom stereocenters. The van der Waals surface area contributed by atoms with E-state index in [1.54, 1.807) is 7.05 Å². The van der Waals surface area contributed by atoms with Gasteiger partial charge in [0, 0.05) is 24.5 Å². The average molecular weight is 248 g/mol. The van der Waals surface area contributed by atoms with Crippen LogP contribution < -0.4 is 5.32 Å². The van der Waals surface area contributed by atoms with Crippen LogP contribution in [0.25, 0.3) is 0 Å². The molecule has 6 heteroatoms. The predicted molar refractivity (Wildman–Crippen MR) is 69.0 cm³/mol. The Kier molecular flexibility index (Phi) is 3.76. The summed E-state index contributed by atoms with van der Waals surface area (Å²) >= 11 is 0. The molecule has 0 atom stereocenters. The van der Waals surface area contributed by atoms with Crippen molar-refractivity contribution < 1.29 is 0 Å². The summed E-state index contributed by atoms with van der Waals surface area (Å²) < 4.78 is 2.15. The van der Waals surface area contributed by atoms with Crippen LogP contribution in [0.15, 0.2) is 12.3 Å². The third-order valence-corrected chi connectivity index (χ3v) is 2.91. The predicted octanol–water partition coefficient (Wildman–Crippen LogP) is 0.866. The van der Waals surface area contributed by atoms with Gasteiger partial charge in [0.05, 0.1) is 13.6 Å². The molecule has 98 valence electrons. The molecule has 6 nitrogen and oxygen atoms in total. The maximum Gasteiger partial charge on any atom is 0.194 e. The summed E-state index contributed by atoms with van der Waals surface area (Å²) in [5, 5.41) is 15.5. The Hall–Kier alpha value is -1.69. The van der Waals surface area contributed by atoms with Crippen molar-refractivity contribution in [3.8, 4) is 0 Å². The third kappa shape index (κ3) is 2.95. The van der Waals surface area contributed by atoms with Crippen LogP contribution in [0.3, 0.4) is 0 Å². The first-order valence-electron chi connectivity index (χ1n) is 6.17. The van der Waals surface area contributed by atoms with Gasteiger partial charge in [0.1, 0.15) is 0 Å². The number of hydrogen-bond donors (Lipinski definition) is 1. The Morgan fingerprint density at radius 1 is 1.39 bits per heavy atom. The number of rotatable bonds is 5. The van der Waals surface area contributed by atoms with Gasteiger partial charge in [0.15, 0.2) is 5.82 Å². The van der Waals surface area contributed by atoms with E-state index in [4.69, 9.17) is 0 Å². The summed E-state index contributed by atoms with van der Waals surface area (Å²) in [6, 6.07) is 2.63. The van der Waals surface area contributed by atoms with E-state index in [-0.39, 0.29) is 0 Å². The summed E-state index contributed by atoms with van der Waals surface area (Å²) in [5.74, 6) is 0.736. The van der Waals surface area contributed by atoms with Crippen LogP contribution in [0.1, 0.15) is 30.9 Å². The molecule has 0 amide bonds. The maximum atomic E-state index is 4.19. The van der Waals surface area contributed by atoms with Gasteiger partial charge in [-0.05, 0) is 23.8 Å². The van der Waals surface area contributed by atoms with Gasteiger partial charge >= 0.3 is 0 Å². The first kappa shape index (κ1) is 12.8. The summed E-state index contributed by atoms with van der Waals surface area (Å²) in [5.41, 5.74) is 2.56. The number of tetrazole rings is 1.